The van der Waals surface area contributed by atoms with Gasteiger partial charge in [-0.15, -0.1) is 0 Å². The van der Waals surface area contributed by atoms with E-state index in [2.05, 4.69) is 12.2 Å². The van der Waals surface area contributed by atoms with Crippen LogP contribution in [-0.2, 0) is 0 Å². The standard InChI is InChI=1S/C18H35N2O/c1-2-3-4-5-6-7-8-9-10-12-15-19-18(21)20-16-13-11-14-17-20/h2-17H2,1H3. The maximum atomic E-state index is 11.8. The second-order valence-corrected chi connectivity index (χ2v) is 6.39. The minimum absolute atomic E-state index is 0.0330. The average molecular weight is 295 g/mol. The van der Waals surface area contributed by atoms with Gasteiger partial charge in [-0.05, 0) is 25.7 Å². The van der Waals surface area contributed by atoms with Crippen LogP contribution < -0.4 is 5.32 Å². The van der Waals surface area contributed by atoms with Gasteiger partial charge < -0.3 is 4.90 Å². The van der Waals surface area contributed by atoms with Crippen molar-refractivity contribution in [3.05, 3.63) is 0 Å². The fourth-order valence-electron chi connectivity index (χ4n) is 2.96. The number of urea groups is 1. The summed E-state index contributed by atoms with van der Waals surface area (Å²) in [5.41, 5.74) is 0. The number of nitrogens with zero attached hydrogens (tertiary/aromatic N) is 2. The van der Waals surface area contributed by atoms with Crippen molar-refractivity contribution in [1.82, 2.24) is 10.2 Å². The molecule has 123 valence electrons. The van der Waals surface area contributed by atoms with Gasteiger partial charge in [-0.2, -0.15) is 0 Å². The van der Waals surface area contributed by atoms with Crippen LogP contribution in [0.25, 0.3) is 0 Å². The van der Waals surface area contributed by atoms with Crippen molar-refractivity contribution in [1.29, 1.82) is 0 Å². The lowest BCUT2D eigenvalue weighted by atomic mass is 10.1. The van der Waals surface area contributed by atoms with E-state index < -0.39 is 0 Å². The van der Waals surface area contributed by atoms with Crippen LogP contribution >= 0.6 is 0 Å². The molecule has 0 atom stereocenters. The zero-order chi connectivity index (χ0) is 15.2. The monoisotopic (exact) mass is 295 g/mol. The summed E-state index contributed by atoms with van der Waals surface area (Å²) < 4.78 is 0. The zero-order valence-corrected chi connectivity index (χ0v) is 14.1. The number of likely N-dealkylation sites (tertiary alicyclic amines) is 1. The Balaban J connectivity index is 1.80. The third-order valence-corrected chi connectivity index (χ3v) is 4.39. The Bertz CT molecular complexity index is 250. The third-order valence-electron chi connectivity index (χ3n) is 4.39. The fraction of sp³-hybridized carbons (Fsp3) is 0.944. The molecule has 0 N–H and O–H groups in total. The fourth-order valence-corrected chi connectivity index (χ4v) is 2.96. The lowest BCUT2D eigenvalue weighted by molar-refractivity contribution is 0.185. The number of carbonyl (C=O) groups is 1. The lowest BCUT2D eigenvalue weighted by Gasteiger charge is -2.25. The first kappa shape index (κ1) is 18.3. The van der Waals surface area contributed by atoms with Gasteiger partial charge in [-0.3, -0.25) is 0 Å². The van der Waals surface area contributed by atoms with Gasteiger partial charge in [-0.25, -0.2) is 10.1 Å². The summed E-state index contributed by atoms with van der Waals surface area (Å²) in [6, 6.07) is 0.0330. The van der Waals surface area contributed by atoms with Crippen LogP contribution in [0.15, 0.2) is 0 Å². The summed E-state index contributed by atoms with van der Waals surface area (Å²) >= 11 is 0. The van der Waals surface area contributed by atoms with E-state index >= 15 is 0 Å². The molecular weight excluding hydrogens is 260 g/mol. The molecule has 1 saturated heterocycles. The highest BCUT2D eigenvalue weighted by atomic mass is 16.2. The molecule has 1 rings (SSSR count). The largest absolute Gasteiger partial charge is 0.338 e. The molecule has 0 bridgehead atoms. The number of rotatable bonds is 11. The summed E-state index contributed by atoms with van der Waals surface area (Å²) in [7, 11) is 0. The van der Waals surface area contributed by atoms with Crippen LogP contribution in [0.3, 0.4) is 0 Å². The molecule has 3 heteroatoms. The number of amides is 2. The Morgan fingerprint density at radius 2 is 1.33 bits per heavy atom. The van der Waals surface area contributed by atoms with Gasteiger partial charge in [0.15, 0.2) is 0 Å². The Hall–Kier alpha value is -0.730. The molecule has 0 aliphatic carbocycles. The minimum Gasteiger partial charge on any atom is -0.323 e. The highest BCUT2D eigenvalue weighted by Crippen LogP contribution is 2.11. The highest BCUT2D eigenvalue weighted by molar-refractivity contribution is 5.73. The number of hydrogen-bond donors (Lipinski definition) is 0. The van der Waals surface area contributed by atoms with Crippen LogP contribution in [0.2, 0.25) is 0 Å². The maximum Gasteiger partial charge on any atom is 0.338 e. The van der Waals surface area contributed by atoms with Crippen LogP contribution in [0.5, 0.6) is 0 Å². The van der Waals surface area contributed by atoms with E-state index in [0.29, 0.717) is 0 Å². The predicted octanol–water partition coefficient (Wildman–Crippen LogP) is 5.12. The summed E-state index contributed by atoms with van der Waals surface area (Å²) in [6.45, 7) is 4.83. The molecule has 0 unspecified atom stereocenters. The van der Waals surface area contributed by atoms with Gasteiger partial charge in [0.05, 0.1) is 0 Å². The molecule has 1 heterocycles. The summed E-state index contributed by atoms with van der Waals surface area (Å²) in [6.07, 6.45) is 16.9. The molecule has 1 radical (unpaired) electrons. The number of piperidine rings is 1. The van der Waals surface area contributed by atoms with Gasteiger partial charge >= 0.3 is 6.03 Å². The molecule has 0 aromatic rings. The first-order valence-electron chi connectivity index (χ1n) is 9.31. The normalized spacial score (nSPS) is 15.2. The van der Waals surface area contributed by atoms with Crippen molar-refractivity contribution in [2.75, 3.05) is 19.6 Å². The van der Waals surface area contributed by atoms with Gasteiger partial charge in [0.25, 0.3) is 0 Å². The van der Waals surface area contributed by atoms with Crippen LogP contribution in [-0.4, -0.2) is 30.6 Å². The van der Waals surface area contributed by atoms with E-state index in [4.69, 9.17) is 0 Å². The van der Waals surface area contributed by atoms with E-state index in [1.165, 1.54) is 64.2 Å². The molecule has 1 aliphatic heterocycles. The summed E-state index contributed by atoms with van der Waals surface area (Å²) in [4.78, 5) is 13.7. The maximum absolute atomic E-state index is 11.8. The molecule has 3 nitrogen and oxygen atoms in total. The van der Waals surface area contributed by atoms with E-state index in [9.17, 15) is 4.79 Å². The van der Waals surface area contributed by atoms with Gasteiger partial charge in [0.2, 0.25) is 0 Å². The van der Waals surface area contributed by atoms with Crippen molar-refractivity contribution < 1.29 is 4.79 Å². The van der Waals surface area contributed by atoms with E-state index in [0.717, 1.165) is 38.9 Å². The Morgan fingerprint density at radius 3 is 1.90 bits per heavy atom. The molecule has 2 amide bonds. The first-order valence-corrected chi connectivity index (χ1v) is 9.31. The molecule has 1 aliphatic rings. The first-order chi connectivity index (χ1) is 10.3. The predicted molar refractivity (Wildman–Crippen MR) is 89.7 cm³/mol. The van der Waals surface area contributed by atoms with Crippen molar-refractivity contribution in [3.63, 3.8) is 0 Å². The van der Waals surface area contributed by atoms with Crippen LogP contribution in [0.4, 0.5) is 4.79 Å². The van der Waals surface area contributed by atoms with E-state index in [1.54, 1.807) is 0 Å². The minimum atomic E-state index is 0.0330. The summed E-state index contributed by atoms with van der Waals surface area (Å²) in [5, 5.41) is 4.20. The van der Waals surface area contributed by atoms with E-state index in [-0.39, 0.29) is 6.03 Å². The molecule has 1 fully saturated rings. The summed E-state index contributed by atoms with van der Waals surface area (Å²) in [5.74, 6) is 0. The van der Waals surface area contributed by atoms with Crippen molar-refractivity contribution in [3.8, 4) is 0 Å². The number of unbranched alkanes of at least 4 members (excludes halogenated alkanes) is 9. The highest BCUT2D eigenvalue weighted by Gasteiger charge is 2.16. The van der Waals surface area contributed by atoms with Crippen LogP contribution in [0, 0.1) is 0 Å². The number of hydrogen-bond acceptors (Lipinski definition) is 1. The molecule has 0 spiro atoms. The van der Waals surface area contributed by atoms with E-state index in [1.807, 2.05) is 4.90 Å². The van der Waals surface area contributed by atoms with Gasteiger partial charge in [-0.1, -0.05) is 64.7 Å². The SMILES string of the molecule is CCCCCCCCCCCC[N]C(=O)N1CCCCC1. The van der Waals surface area contributed by atoms with Crippen molar-refractivity contribution in [2.24, 2.45) is 0 Å². The Morgan fingerprint density at radius 1 is 0.810 bits per heavy atom. The zero-order valence-electron chi connectivity index (χ0n) is 14.1. The topological polar surface area (TPSA) is 34.4 Å². The van der Waals surface area contributed by atoms with Gasteiger partial charge in [0, 0.05) is 19.6 Å². The average Bonchev–Trinajstić information content (AvgIpc) is 2.53. The third kappa shape index (κ3) is 9.76. The van der Waals surface area contributed by atoms with Gasteiger partial charge in [0.1, 0.15) is 0 Å². The van der Waals surface area contributed by atoms with Crippen molar-refractivity contribution >= 4 is 6.03 Å². The second kappa shape index (κ2) is 13.0. The molecule has 21 heavy (non-hydrogen) atoms. The lowest BCUT2D eigenvalue weighted by Crippen LogP contribution is -2.39. The molecule has 0 aromatic heterocycles. The van der Waals surface area contributed by atoms with Crippen LogP contribution in [0.1, 0.15) is 90.4 Å². The number of carbonyl (C=O) groups excluding carboxylic acids is 1. The Kier molecular flexibility index (Phi) is 11.3. The smallest absolute Gasteiger partial charge is 0.323 e. The molecule has 0 aromatic carbocycles. The second-order valence-electron chi connectivity index (χ2n) is 6.39. The van der Waals surface area contributed by atoms with Crippen molar-refractivity contribution in [2.45, 2.75) is 90.4 Å². The Labute approximate surface area is 131 Å². The molecular formula is C18H35N2O. The molecule has 0 saturated carbocycles. The quantitative estimate of drug-likeness (QED) is 0.487.